The predicted molar refractivity (Wildman–Crippen MR) is 113 cm³/mol. The number of H-pyrrole nitrogens is 1. The van der Waals surface area contributed by atoms with Gasteiger partial charge in [0.05, 0.1) is 24.9 Å². The van der Waals surface area contributed by atoms with Crippen LogP contribution in [0.4, 0.5) is 0 Å². The summed E-state index contributed by atoms with van der Waals surface area (Å²) in [7, 11) is 0. The lowest BCUT2D eigenvalue weighted by atomic mass is 9.96. The number of benzene rings is 1. The number of aryl methyl sites for hydroxylation is 1. The first-order valence-corrected chi connectivity index (χ1v) is 10.6. The Morgan fingerprint density at radius 3 is 2.57 bits per heavy atom. The molecule has 4 rings (SSSR count). The maximum atomic E-state index is 13.4. The van der Waals surface area contributed by atoms with Crippen molar-refractivity contribution in [1.82, 2.24) is 14.8 Å². The second-order valence-corrected chi connectivity index (χ2v) is 8.18. The fourth-order valence-electron chi connectivity index (χ4n) is 4.41. The third kappa shape index (κ3) is 4.48. The van der Waals surface area contributed by atoms with Crippen LogP contribution in [0.2, 0.25) is 0 Å². The number of rotatable bonds is 4. The van der Waals surface area contributed by atoms with Crippen molar-refractivity contribution in [2.24, 2.45) is 0 Å². The first-order chi connectivity index (χ1) is 14.5. The summed E-state index contributed by atoms with van der Waals surface area (Å²) in [6.45, 7) is 4.96. The van der Waals surface area contributed by atoms with Crippen LogP contribution in [-0.2, 0) is 4.74 Å². The summed E-state index contributed by atoms with van der Waals surface area (Å²) in [5, 5.41) is 9.81. The molecule has 0 aliphatic carbocycles. The van der Waals surface area contributed by atoms with Crippen molar-refractivity contribution in [3.05, 3.63) is 69.6 Å². The number of likely N-dealkylation sites (tertiary alicyclic amines) is 1. The molecule has 2 atom stereocenters. The van der Waals surface area contributed by atoms with Gasteiger partial charge in [-0.3, -0.25) is 9.59 Å². The second-order valence-electron chi connectivity index (χ2n) is 8.18. The number of pyridine rings is 1. The van der Waals surface area contributed by atoms with Gasteiger partial charge in [0, 0.05) is 31.9 Å². The van der Waals surface area contributed by atoms with Gasteiger partial charge in [0.25, 0.3) is 11.5 Å². The van der Waals surface area contributed by atoms with Gasteiger partial charge in [-0.1, -0.05) is 30.3 Å². The first kappa shape index (κ1) is 20.8. The SMILES string of the molecule is Cc1ccc(C(=O)N2CCO[C@@H](CN3CCC(O)CC3)[C@@H]2c2ccccc2)c(=O)[nH]1. The van der Waals surface area contributed by atoms with Crippen molar-refractivity contribution in [3.63, 3.8) is 0 Å². The van der Waals surface area contributed by atoms with Gasteiger partial charge in [0.1, 0.15) is 5.56 Å². The van der Waals surface area contributed by atoms with Crippen LogP contribution < -0.4 is 5.56 Å². The highest BCUT2D eigenvalue weighted by atomic mass is 16.5. The van der Waals surface area contributed by atoms with Crippen LogP contribution in [0.1, 0.15) is 40.5 Å². The van der Waals surface area contributed by atoms with E-state index in [4.69, 9.17) is 4.74 Å². The fraction of sp³-hybridized carbons (Fsp3) is 0.478. The Hall–Kier alpha value is -2.48. The van der Waals surface area contributed by atoms with Crippen LogP contribution in [0.3, 0.4) is 0 Å². The van der Waals surface area contributed by atoms with Crippen LogP contribution in [0, 0.1) is 6.92 Å². The van der Waals surface area contributed by atoms with Crippen LogP contribution >= 0.6 is 0 Å². The third-order valence-electron chi connectivity index (χ3n) is 6.03. The molecular formula is C23H29N3O4. The molecule has 3 heterocycles. The second kappa shape index (κ2) is 9.12. The molecule has 1 amide bonds. The summed E-state index contributed by atoms with van der Waals surface area (Å²) in [6.07, 6.45) is 1.07. The molecule has 0 spiro atoms. The standard InChI is InChI=1S/C23H29N3O4/c1-16-7-8-19(22(28)24-16)23(29)26-13-14-30-20(15-25-11-9-18(27)10-12-25)21(26)17-5-3-2-4-6-17/h2-8,18,20-21,27H,9-15H2,1H3,(H,24,28)/t20-,21-/m0/s1. The topological polar surface area (TPSA) is 85.9 Å². The number of hydrogen-bond acceptors (Lipinski definition) is 5. The van der Waals surface area contributed by atoms with E-state index in [2.05, 4.69) is 9.88 Å². The zero-order valence-corrected chi connectivity index (χ0v) is 17.3. The van der Waals surface area contributed by atoms with Crippen molar-refractivity contribution >= 4 is 5.91 Å². The number of carbonyl (C=O) groups is 1. The van der Waals surface area contributed by atoms with Crippen LogP contribution in [0.15, 0.2) is 47.3 Å². The van der Waals surface area contributed by atoms with Crippen LogP contribution in [-0.4, -0.2) is 70.8 Å². The molecule has 1 aromatic heterocycles. The molecule has 0 radical (unpaired) electrons. The lowest BCUT2D eigenvalue weighted by molar-refractivity contribution is -0.0771. The van der Waals surface area contributed by atoms with Gasteiger partial charge in [0.15, 0.2) is 0 Å². The summed E-state index contributed by atoms with van der Waals surface area (Å²) in [5.41, 5.74) is 1.52. The number of nitrogens with one attached hydrogen (secondary N) is 1. The quantitative estimate of drug-likeness (QED) is 0.800. The zero-order valence-electron chi connectivity index (χ0n) is 17.3. The summed E-state index contributed by atoms with van der Waals surface area (Å²) in [6, 6.07) is 13.0. The number of aromatic amines is 1. The first-order valence-electron chi connectivity index (χ1n) is 10.6. The Kier molecular flexibility index (Phi) is 6.32. The highest BCUT2D eigenvalue weighted by Gasteiger charge is 2.38. The predicted octanol–water partition coefficient (Wildman–Crippen LogP) is 1.72. The lowest BCUT2D eigenvalue weighted by Crippen LogP contribution is -2.53. The molecular weight excluding hydrogens is 382 g/mol. The molecule has 0 bridgehead atoms. The Balaban J connectivity index is 1.63. The van der Waals surface area contributed by atoms with E-state index in [0.29, 0.717) is 19.7 Å². The van der Waals surface area contributed by atoms with Gasteiger partial charge in [-0.2, -0.15) is 0 Å². The molecule has 0 saturated carbocycles. The van der Waals surface area contributed by atoms with E-state index in [1.807, 2.05) is 30.3 Å². The summed E-state index contributed by atoms with van der Waals surface area (Å²) >= 11 is 0. The van der Waals surface area contributed by atoms with Gasteiger partial charge in [-0.05, 0) is 37.5 Å². The van der Waals surface area contributed by atoms with Crippen molar-refractivity contribution < 1.29 is 14.6 Å². The minimum atomic E-state index is -0.361. The number of aromatic nitrogens is 1. The lowest BCUT2D eigenvalue weighted by Gasteiger charge is -2.44. The van der Waals surface area contributed by atoms with E-state index in [9.17, 15) is 14.7 Å². The highest BCUT2D eigenvalue weighted by molar-refractivity contribution is 5.94. The third-order valence-corrected chi connectivity index (χ3v) is 6.03. The van der Waals surface area contributed by atoms with Gasteiger partial charge < -0.3 is 24.6 Å². The van der Waals surface area contributed by atoms with E-state index in [1.54, 1.807) is 24.0 Å². The molecule has 2 aliphatic heterocycles. The molecule has 2 aliphatic rings. The summed E-state index contributed by atoms with van der Waals surface area (Å²) < 4.78 is 6.16. The number of carbonyl (C=O) groups excluding carboxylic acids is 1. The fourth-order valence-corrected chi connectivity index (χ4v) is 4.41. The van der Waals surface area contributed by atoms with Crippen molar-refractivity contribution in [2.75, 3.05) is 32.8 Å². The van der Waals surface area contributed by atoms with Gasteiger partial charge in [-0.25, -0.2) is 0 Å². The van der Waals surface area contributed by atoms with E-state index in [-0.39, 0.29) is 35.3 Å². The van der Waals surface area contributed by atoms with Gasteiger partial charge >= 0.3 is 0 Å². The number of aliphatic hydroxyl groups is 1. The minimum Gasteiger partial charge on any atom is -0.393 e. The van der Waals surface area contributed by atoms with E-state index in [1.165, 1.54) is 0 Å². The number of morpholine rings is 1. The monoisotopic (exact) mass is 411 g/mol. The van der Waals surface area contributed by atoms with Gasteiger partial charge in [0.2, 0.25) is 0 Å². The van der Waals surface area contributed by atoms with Crippen molar-refractivity contribution in [3.8, 4) is 0 Å². The average molecular weight is 412 g/mol. The van der Waals surface area contributed by atoms with E-state index < -0.39 is 0 Å². The molecule has 2 fully saturated rings. The van der Waals surface area contributed by atoms with Crippen molar-refractivity contribution in [2.45, 2.75) is 38.0 Å². The Bertz CT molecular complexity index is 922. The molecule has 160 valence electrons. The number of nitrogens with zero attached hydrogens (tertiary/aromatic N) is 2. The molecule has 1 aromatic carbocycles. The summed E-state index contributed by atoms with van der Waals surface area (Å²) in [4.78, 5) is 32.6. The van der Waals surface area contributed by atoms with Crippen LogP contribution in [0.5, 0.6) is 0 Å². The molecule has 2 N–H and O–H groups in total. The Morgan fingerprint density at radius 1 is 1.13 bits per heavy atom. The Morgan fingerprint density at radius 2 is 1.87 bits per heavy atom. The van der Waals surface area contributed by atoms with Gasteiger partial charge in [-0.15, -0.1) is 0 Å². The largest absolute Gasteiger partial charge is 0.393 e. The molecule has 7 heteroatoms. The average Bonchev–Trinajstić information content (AvgIpc) is 2.75. The number of amides is 1. The van der Waals surface area contributed by atoms with Crippen LogP contribution in [0.25, 0.3) is 0 Å². The smallest absolute Gasteiger partial charge is 0.260 e. The number of ether oxygens (including phenoxy) is 1. The highest BCUT2D eigenvalue weighted by Crippen LogP contribution is 2.31. The molecule has 7 nitrogen and oxygen atoms in total. The number of piperidine rings is 1. The molecule has 30 heavy (non-hydrogen) atoms. The molecule has 0 unspecified atom stereocenters. The number of aliphatic hydroxyl groups excluding tert-OH is 1. The molecule has 2 aromatic rings. The van der Waals surface area contributed by atoms with E-state index in [0.717, 1.165) is 37.2 Å². The zero-order chi connectivity index (χ0) is 21.1. The maximum absolute atomic E-state index is 13.4. The number of hydrogen-bond donors (Lipinski definition) is 2. The summed E-state index contributed by atoms with van der Waals surface area (Å²) in [5.74, 6) is -0.271. The normalized spacial score (nSPS) is 23.5. The maximum Gasteiger partial charge on any atom is 0.260 e. The Labute approximate surface area is 176 Å². The molecule has 2 saturated heterocycles. The van der Waals surface area contributed by atoms with E-state index >= 15 is 0 Å². The van der Waals surface area contributed by atoms with Crippen molar-refractivity contribution in [1.29, 1.82) is 0 Å². The minimum absolute atomic E-state index is 0.156.